The van der Waals surface area contributed by atoms with E-state index in [0.29, 0.717) is 31.0 Å². The Bertz CT molecular complexity index is 1440. The van der Waals surface area contributed by atoms with Crippen LogP contribution < -0.4 is 10.2 Å². The maximum atomic E-state index is 12.2. The summed E-state index contributed by atoms with van der Waals surface area (Å²) in [5.41, 5.74) is 6.69. The van der Waals surface area contributed by atoms with Gasteiger partial charge in [-0.25, -0.2) is 9.97 Å². The fourth-order valence-corrected chi connectivity index (χ4v) is 5.35. The standard InChI is InChI=1S/C34H37ClN4O2/c1-24-12-14-26(15-13-24)32-33(27-16-18-28(35)19-17-27)38-34-30(37-32)21-29(40)23-39(34)20-8-3-2-7-11-31(41)36-22-25-9-5-4-6-10-25/h4-6,9-10,12-19,29,40H,2-3,7-8,11,20-23H2,1H3,(H,36,41). The number of hydrogen-bond donors (Lipinski definition) is 2. The molecule has 5 rings (SSSR count). The van der Waals surface area contributed by atoms with Crippen LogP contribution in [0.4, 0.5) is 5.82 Å². The molecule has 1 unspecified atom stereocenters. The molecule has 0 radical (unpaired) electrons. The summed E-state index contributed by atoms with van der Waals surface area (Å²) in [5.74, 6) is 0.938. The molecule has 4 aromatic rings. The predicted molar refractivity (Wildman–Crippen MR) is 166 cm³/mol. The van der Waals surface area contributed by atoms with Crippen molar-refractivity contribution in [3.05, 3.63) is 101 Å². The van der Waals surface area contributed by atoms with Gasteiger partial charge < -0.3 is 15.3 Å². The third-order valence-electron chi connectivity index (χ3n) is 7.46. The summed E-state index contributed by atoms with van der Waals surface area (Å²) in [6, 6.07) is 26.0. The molecule has 2 heterocycles. The summed E-state index contributed by atoms with van der Waals surface area (Å²) in [5, 5.41) is 14.4. The molecule has 1 aliphatic rings. The Morgan fingerprint density at radius 2 is 1.56 bits per heavy atom. The van der Waals surface area contributed by atoms with E-state index in [0.717, 1.165) is 71.8 Å². The third-order valence-corrected chi connectivity index (χ3v) is 7.72. The molecule has 0 fully saturated rings. The summed E-state index contributed by atoms with van der Waals surface area (Å²) in [6.45, 7) is 3.95. The second kappa shape index (κ2) is 13.7. The normalized spacial score (nSPS) is 14.5. The van der Waals surface area contributed by atoms with Crippen LogP contribution >= 0.6 is 11.6 Å². The van der Waals surface area contributed by atoms with Crippen molar-refractivity contribution in [2.24, 2.45) is 0 Å². The van der Waals surface area contributed by atoms with Gasteiger partial charge in [-0.2, -0.15) is 0 Å². The summed E-state index contributed by atoms with van der Waals surface area (Å²) >= 11 is 6.19. The van der Waals surface area contributed by atoms with Gasteiger partial charge in [0.25, 0.3) is 0 Å². The average molecular weight is 569 g/mol. The molecule has 1 atom stereocenters. The average Bonchev–Trinajstić information content (AvgIpc) is 2.98. The first-order valence-electron chi connectivity index (χ1n) is 14.4. The molecule has 3 aromatic carbocycles. The van der Waals surface area contributed by atoms with Crippen molar-refractivity contribution in [3.63, 3.8) is 0 Å². The molecule has 7 heteroatoms. The van der Waals surface area contributed by atoms with Gasteiger partial charge in [0.15, 0.2) is 5.82 Å². The van der Waals surface area contributed by atoms with E-state index >= 15 is 0 Å². The molecular formula is C34H37ClN4O2. The van der Waals surface area contributed by atoms with E-state index in [1.54, 1.807) is 0 Å². The number of aromatic nitrogens is 2. The SMILES string of the molecule is Cc1ccc(-c2nc3c(nc2-c2ccc(Cl)cc2)N(CCCCCCC(=O)NCc2ccccc2)CC(O)C3)cc1. The highest BCUT2D eigenvalue weighted by Crippen LogP contribution is 2.35. The molecule has 0 saturated heterocycles. The van der Waals surface area contributed by atoms with Crippen molar-refractivity contribution in [2.45, 2.75) is 58.1 Å². The van der Waals surface area contributed by atoms with Crippen LogP contribution in [0.15, 0.2) is 78.9 Å². The number of carbonyl (C=O) groups is 1. The second-order valence-corrected chi connectivity index (χ2v) is 11.2. The number of benzene rings is 3. The van der Waals surface area contributed by atoms with E-state index in [4.69, 9.17) is 21.6 Å². The number of anilines is 1. The lowest BCUT2D eigenvalue weighted by Gasteiger charge is -2.33. The number of aliphatic hydroxyl groups excluding tert-OH is 1. The fraction of sp³-hybridized carbons (Fsp3) is 0.324. The van der Waals surface area contributed by atoms with E-state index in [-0.39, 0.29) is 5.91 Å². The Labute approximate surface area is 247 Å². The number of hydrogen-bond acceptors (Lipinski definition) is 5. The summed E-state index contributed by atoms with van der Waals surface area (Å²) in [6.07, 6.45) is 4.34. The Balaban J connectivity index is 1.23. The quantitative estimate of drug-likeness (QED) is 0.195. The van der Waals surface area contributed by atoms with Gasteiger partial charge >= 0.3 is 0 Å². The largest absolute Gasteiger partial charge is 0.391 e. The summed E-state index contributed by atoms with van der Waals surface area (Å²) < 4.78 is 0. The highest BCUT2D eigenvalue weighted by Gasteiger charge is 2.28. The monoisotopic (exact) mass is 568 g/mol. The second-order valence-electron chi connectivity index (χ2n) is 10.8. The first kappa shape index (κ1) is 28.8. The molecule has 0 aliphatic carbocycles. The first-order chi connectivity index (χ1) is 20.0. The van der Waals surface area contributed by atoms with Gasteiger partial charge in [0.05, 0.1) is 23.2 Å². The van der Waals surface area contributed by atoms with Crippen LogP contribution in [0.1, 0.15) is 48.9 Å². The molecule has 2 N–H and O–H groups in total. The number of aliphatic hydroxyl groups is 1. The number of aryl methyl sites for hydroxylation is 1. The van der Waals surface area contributed by atoms with E-state index < -0.39 is 6.10 Å². The van der Waals surface area contributed by atoms with E-state index in [2.05, 4.69) is 41.4 Å². The van der Waals surface area contributed by atoms with Gasteiger partial charge in [-0.05, 0) is 37.5 Å². The van der Waals surface area contributed by atoms with E-state index in [1.807, 2.05) is 54.6 Å². The zero-order chi connectivity index (χ0) is 28.6. The topological polar surface area (TPSA) is 78.4 Å². The lowest BCUT2D eigenvalue weighted by atomic mass is 10.0. The van der Waals surface area contributed by atoms with E-state index in [1.165, 1.54) is 5.56 Å². The van der Waals surface area contributed by atoms with Crippen molar-refractivity contribution in [3.8, 4) is 22.5 Å². The molecule has 0 bridgehead atoms. The van der Waals surface area contributed by atoms with Crippen molar-refractivity contribution >= 4 is 23.3 Å². The number of nitrogens with one attached hydrogen (secondary N) is 1. The minimum absolute atomic E-state index is 0.0938. The van der Waals surface area contributed by atoms with Crippen molar-refractivity contribution in [1.29, 1.82) is 0 Å². The van der Waals surface area contributed by atoms with Gasteiger partial charge in [0, 0.05) is 48.6 Å². The minimum atomic E-state index is -0.489. The lowest BCUT2D eigenvalue weighted by Crippen LogP contribution is -2.40. The van der Waals surface area contributed by atoms with Crippen LogP contribution in [0.5, 0.6) is 0 Å². The van der Waals surface area contributed by atoms with Gasteiger partial charge in [-0.3, -0.25) is 4.79 Å². The number of nitrogens with zero attached hydrogens (tertiary/aromatic N) is 3. The smallest absolute Gasteiger partial charge is 0.220 e. The highest BCUT2D eigenvalue weighted by molar-refractivity contribution is 6.30. The van der Waals surface area contributed by atoms with Crippen LogP contribution in [0, 0.1) is 6.92 Å². The van der Waals surface area contributed by atoms with Crippen LogP contribution in [0.3, 0.4) is 0 Å². The molecule has 0 saturated carbocycles. The zero-order valence-corrected chi connectivity index (χ0v) is 24.3. The lowest BCUT2D eigenvalue weighted by molar-refractivity contribution is -0.121. The van der Waals surface area contributed by atoms with Crippen molar-refractivity contribution in [1.82, 2.24) is 15.3 Å². The molecule has 1 aromatic heterocycles. The number of fused-ring (bicyclic) bond motifs is 1. The Morgan fingerprint density at radius 1 is 0.902 bits per heavy atom. The van der Waals surface area contributed by atoms with E-state index in [9.17, 15) is 9.90 Å². The minimum Gasteiger partial charge on any atom is -0.391 e. The van der Waals surface area contributed by atoms with Crippen molar-refractivity contribution in [2.75, 3.05) is 18.0 Å². The van der Waals surface area contributed by atoms with Crippen LogP contribution in [0.25, 0.3) is 22.5 Å². The van der Waals surface area contributed by atoms with Crippen molar-refractivity contribution < 1.29 is 9.90 Å². The maximum Gasteiger partial charge on any atom is 0.220 e. The van der Waals surface area contributed by atoms with Gasteiger partial charge in [0.2, 0.25) is 5.91 Å². The Kier molecular flexibility index (Phi) is 9.65. The Morgan fingerprint density at radius 3 is 2.29 bits per heavy atom. The van der Waals surface area contributed by atoms with Gasteiger partial charge in [0.1, 0.15) is 0 Å². The third kappa shape index (κ3) is 7.72. The summed E-state index contributed by atoms with van der Waals surface area (Å²) in [7, 11) is 0. The van der Waals surface area contributed by atoms with Gasteiger partial charge in [-0.1, -0.05) is 96.7 Å². The molecule has 1 aliphatic heterocycles. The molecule has 0 spiro atoms. The van der Waals surface area contributed by atoms with Crippen LogP contribution in [-0.2, 0) is 17.8 Å². The first-order valence-corrected chi connectivity index (χ1v) is 14.8. The summed E-state index contributed by atoms with van der Waals surface area (Å²) in [4.78, 5) is 24.6. The van der Waals surface area contributed by atoms with Crippen LogP contribution in [-0.4, -0.2) is 40.2 Å². The molecular weight excluding hydrogens is 532 g/mol. The number of rotatable bonds is 11. The van der Waals surface area contributed by atoms with Gasteiger partial charge in [-0.15, -0.1) is 0 Å². The number of unbranched alkanes of at least 4 members (excludes halogenated alkanes) is 3. The molecule has 212 valence electrons. The zero-order valence-electron chi connectivity index (χ0n) is 23.5. The molecule has 1 amide bonds. The van der Waals surface area contributed by atoms with Crippen LogP contribution in [0.2, 0.25) is 5.02 Å². The molecule has 6 nitrogen and oxygen atoms in total. The maximum absolute atomic E-state index is 12.2. The Hall–Kier alpha value is -3.74. The number of β-amino-alcohol motifs (C(OH)–C–C–N with tert-alkyl or cyclic N) is 1. The molecule has 41 heavy (non-hydrogen) atoms. The number of amides is 1. The highest BCUT2D eigenvalue weighted by atomic mass is 35.5. The fourth-order valence-electron chi connectivity index (χ4n) is 5.23. The number of carbonyl (C=O) groups excluding carboxylic acids is 1. The predicted octanol–water partition coefficient (Wildman–Crippen LogP) is 6.76. The number of halogens is 1.